The number of rotatable bonds is 4. The third-order valence-electron chi connectivity index (χ3n) is 2.86. The number of hydrogen-bond donors (Lipinski definition) is 2. The minimum Gasteiger partial charge on any atom is -0.398 e. The zero-order chi connectivity index (χ0) is 14.7. The fraction of sp³-hybridized carbons (Fsp3) is 0.308. The molecule has 0 atom stereocenters. The van der Waals surface area contributed by atoms with E-state index in [0.717, 1.165) is 10.0 Å². The van der Waals surface area contributed by atoms with E-state index in [1.165, 1.54) is 0 Å². The Balaban J connectivity index is 1.98. The van der Waals surface area contributed by atoms with Crippen LogP contribution >= 0.6 is 15.9 Å². The average molecular weight is 339 g/mol. The number of nitrogens with two attached hydrogens (primary N) is 1. The maximum atomic E-state index is 12.1. The maximum absolute atomic E-state index is 12.1. The summed E-state index contributed by atoms with van der Waals surface area (Å²) in [4.78, 5) is 16.2. The molecule has 0 saturated carbocycles. The van der Waals surface area contributed by atoms with Crippen molar-refractivity contribution < 1.29 is 9.32 Å². The van der Waals surface area contributed by atoms with Crippen LogP contribution in [0.1, 0.15) is 27.6 Å². The molecule has 0 aliphatic rings. The molecule has 20 heavy (non-hydrogen) atoms. The molecule has 0 aliphatic carbocycles. The maximum Gasteiger partial charge on any atom is 0.251 e. The number of amides is 1. The lowest BCUT2D eigenvalue weighted by Crippen LogP contribution is -2.26. The molecule has 6 nitrogen and oxygen atoms in total. The molecule has 7 heteroatoms. The van der Waals surface area contributed by atoms with Gasteiger partial charge in [0.25, 0.3) is 5.91 Å². The standard InChI is InChI=1S/C13H15BrN4O2/c1-7-10(5-9(14)6-11(7)15)13(19)16-4-3-12-17-8(2)20-18-12/h5-6H,3-4,15H2,1-2H3,(H,16,19). The fourth-order valence-corrected chi connectivity index (χ4v) is 2.24. The van der Waals surface area contributed by atoms with Crippen LogP contribution in [0, 0.1) is 13.8 Å². The molecule has 0 radical (unpaired) electrons. The Kier molecular flexibility index (Phi) is 4.39. The Bertz CT molecular complexity index is 639. The summed E-state index contributed by atoms with van der Waals surface area (Å²) >= 11 is 3.33. The van der Waals surface area contributed by atoms with Crippen LogP contribution in [0.2, 0.25) is 0 Å². The predicted molar refractivity (Wildman–Crippen MR) is 78.4 cm³/mol. The van der Waals surface area contributed by atoms with E-state index in [-0.39, 0.29) is 5.91 Å². The molecule has 0 fully saturated rings. The molecule has 0 saturated heterocycles. The highest BCUT2D eigenvalue weighted by Gasteiger charge is 2.12. The topological polar surface area (TPSA) is 94.0 Å². The molecule has 0 aliphatic heterocycles. The van der Waals surface area contributed by atoms with Crippen molar-refractivity contribution in [1.82, 2.24) is 15.5 Å². The molecule has 1 heterocycles. The number of aromatic nitrogens is 2. The lowest BCUT2D eigenvalue weighted by atomic mass is 10.1. The summed E-state index contributed by atoms with van der Waals surface area (Å²) in [6, 6.07) is 3.52. The van der Waals surface area contributed by atoms with Gasteiger partial charge in [-0.25, -0.2) is 0 Å². The van der Waals surface area contributed by atoms with Crippen LogP contribution in [0.5, 0.6) is 0 Å². The quantitative estimate of drug-likeness (QED) is 0.831. The summed E-state index contributed by atoms with van der Waals surface area (Å²) in [5, 5.41) is 6.58. The highest BCUT2D eigenvalue weighted by molar-refractivity contribution is 9.10. The SMILES string of the molecule is Cc1nc(CCNC(=O)c2cc(Br)cc(N)c2C)no1. The van der Waals surface area contributed by atoms with Crippen molar-refractivity contribution in [2.45, 2.75) is 20.3 Å². The first kappa shape index (κ1) is 14.5. The molecule has 1 aromatic carbocycles. The van der Waals surface area contributed by atoms with Gasteiger partial charge in [-0.15, -0.1) is 0 Å². The Morgan fingerprint density at radius 1 is 1.45 bits per heavy atom. The summed E-state index contributed by atoms with van der Waals surface area (Å²) in [7, 11) is 0. The Morgan fingerprint density at radius 3 is 2.85 bits per heavy atom. The first-order valence-corrected chi connectivity index (χ1v) is 6.89. The molecule has 2 aromatic rings. The second-order valence-corrected chi connectivity index (χ2v) is 5.32. The fourth-order valence-electron chi connectivity index (χ4n) is 1.76. The van der Waals surface area contributed by atoms with E-state index in [0.29, 0.717) is 35.9 Å². The zero-order valence-electron chi connectivity index (χ0n) is 11.2. The van der Waals surface area contributed by atoms with Crippen LogP contribution in [0.3, 0.4) is 0 Å². The number of halogens is 1. The van der Waals surface area contributed by atoms with E-state index in [4.69, 9.17) is 10.3 Å². The van der Waals surface area contributed by atoms with Crippen molar-refractivity contribution in [2.24, 2.45) is 0 Å². The second kappa shape index (κ2) is 6.04. The van der Waals surface area contributed by atoms with Gasteiger partial charge in [0.05, 0.1) is 0 Å². The predicted octanol–water partition coefficient (Wildman–Crippen LogP) is 2.00. The number of nitrogens with one attached hydrogen (secondary N) is 1. The van der Waals surface area contributed by atoms with Crippen molar-refractivity contribution in [3.8, 4) is 0 Å². The first-order chi connectivity index (χ1) is 9.47. The van der Waals surface area contributed by atoms with Crippen molar-refractivity contribution in [2.75, 3.05) is 12.3 Å². The average Bonchev–Trinajstić information content (AvgIpc) is 2.79. The molecule has 3 N–H and O–H groups in total. The molecule has 0 unspecified atom stereocenters. The molecule has 106 valence electrons. The van der Waals surface area contributed by atoms with Gasteiger partial charge in [-0.1, -0.05) is 21.1 Å². The molecule has 0 bridgehead atoms. The summed E-state index contributed by atoms with van der Waals surface area (Å²) in [5.74, 6) is 0.922. The van der Waals surface area contributed by atoms with E-state index in [2.05, 4.69) is 31.4 Å². The van der Waals surface area contributed by atoms with Crippen LogP contribution in [0.4, 0.5) is 5.69 Å². The van der Waals surface area contributed by atoms with Gasteiger partial charge in [0.2, 0.25) is 5.89 Å². The third kappa shape index (κ3) is 3.36. The largest absolute Gasteiger partial charge is 0.398 e. The summed E-state index contributed by atoms with van der Waals surface area (Å²) < 4.78 is 5.64. The highest BCUT2D eigenvalue weighted by Crippen LogP contribution is 2.22. The Hall–Kier alpha value is -1.89. The molecular formula is C13H15BrN4O2. The van der Waals surface area contributed by atoms with Gasteiger partial charge in [0.15, 0.2) is 5.82 Å². The van der Waals surface area contributed by atoms with Gasteiger partial charge >= 0.3 is 0 Å². The lowest BCUT2D eigenvalue weighted by Gasteiger charge is -2.09. The van der Waals surface area contributed by atoms with Crippen molar-refractivity contribution in [3.05, 3.63) is 39.4 Å². The number of anilines is 1. The Labute approximate surface area is 124 Å². The van der Waals surface area contributed by atoms with Gasteiger partial charge < -0.3 is 15.6 Å². The van der Waals surface area contributed by atoms with E-state index in [9.17, 15) is 4.79 Å². The smallest absolute Gasteiger partial charge is 0.251 e. The number of nitrogen functional groups attached to an aromatic ring is 1. The van der Waals surface area contributed by atoms with Crippen LogP contribution in [0.25, 0.3) is 0 Å². The minimum atomic E-state index is -0.171. The number of carbonyl (C=O) groups is 1. The van der Waals surface area contributed by atoms with E-state index in [1.807, 2.05) is 6.92 Å². The van der Waals surface area contributed by atoms with Crippen LogP contribution in [0.15, 0.2) is 21.1 Å². The van der Waals surface area contributed by atoms with Gasteiger partial charge in [0, 0.05) is 35.6 Å². The number of carbonyl (C=O) groups excluding carboxylic acids is 1. The summed E-state index contributed by atoms with van der Waals surface area (Å²) in [6.45, 7) is 3.98. The molecule has 1 amide bonds. The highest BCUT2D eigenvalue weighted by atomic mass is 79.9. The van der Waals surface area contributed by atoms with Crippen molar-refractivity contribution in [3.63, 3.8) is 0 Å². The first-order valence-electron chi connectivity index (χ1n) is 6.10. The number of aryl methyl sites for hydroxylation is 1. The monoisotopic (exact) mass is 338 g/mol. The van der Waals surface area contributed by atoms with Gasteiger partial charge in [-0.05, 0) is 24.6 Å². The van der Waals surface area contributed by atoms with E-state index >= 15 is 0 Å². The molecule has 2 rings (SSSR count). The minimum absolute atomic E-state index is 0.171. The lowest BCUT2D eigenvalue weighted by molar-refractivity contribution is 0.0953. The molecule has 1 aromatic heterocycles. The van der Waals surface area contributed by atoms with Crippen molar-refractivity contribution in [1.29, 1.82) is 0 Å². The van der Waals surface area contributed by atoms with Crippen molar-refractivity contribution >= 4 is 27.5 Å². The normalized spacial score (nSPS) is 10.6. The number of nitrogens with zero attached hydrogens (tertiary/aromatic N) is 2. The van der Waals surface area contributed by atoms with Crippen LogP contribution in [-0.2, 0) is 6.42 Å². The van der Waals surface area contributed by atoms with E-state index in [1.54, 1.807) is 19.1 Å². The van der Waals surface area contributed by atoms with E-state index < -0.39 is 0 Å². The van der Waals surface area contributed by atoms with Gasteiger partial charge in [-0.2, -0.15) is 4.98 Å². The molecular weight excluding hydrogens is 324 g/mol. The number of hydrogen-bond acceptors (Lipinski definition) is 5. The van der Waals surface area contributed by atoms with Gasteiger partial charge in [0.1, 0.15) is 0 Å². The second-order valence-electron chi connectivity index (χ2n) is 4.40. The van der Waals surface area contributed by atoms with Crippen LogP contribution < -0.4 is 11.1 Å². The van der Waals surface area contributed by atoms with Gasteiger partial charge in [-0.3, -0.25) is 4.79 Å². The summed E-state index contributed by atoms with van der Waals surface area (Å²) in [5.41, 5.74) is 7.74. The zero-order valence-corrected chi connectivity index (χ0v) is 12.8. The molecule has 0 spiro atoms. The number of benzene rings is 1. The summed E-state index contributed by atoms with van der Waals surface area (Å²) in [6.07, 6.45) is 0.519. The third-order valence-corrected chi connectivity index (χ3v) is 3.32. The van der Waals surface area contributed by atoms with Crippen LogP contribution in [-0.4, -0.2) is 22.6 Å². The Morgan fingerprint density at radius 2 is 2.20 bits per heavy atom.